The average molecular weight is 574 g/mol. The largest absolute Gasteiger partial charge is 0.354 e. The van der Waals surface area contributed by atoms with Crippen LogP contribution in [0.25, 0.3) is 0 Å². The number of hydrogen-bond donors (Lipinski definition) is 1. The monoisotopic (exact) mass is 573 g/mol. The highest BCUT2D eigenvalue weighted by molar-refractivity contribution is 7.92. The molecule has 3 rings (SSSR count). The maximum atomic E-state index is 14.7. The summed E-state index contributed by atoms with van der Waals surface area (Å²) in [4.78, 5) is 28.8. The Kier molecular flexibility index (Phi) is 10.5. The van der Waals surface area contributed by atoms with Gasteiger partial charge < -0.3 is 10.2 Å². The van der Waals surface area contributed by atoms with Gasteiger partial charge >= 0.3 is 0 Å². The molecule has 0 unspecified atom stereocenters. The second-order valence-corrected chi connectivity index (χ2v) is 12.0. The summed E-state index contributed by atoms with van der Waals surface area (Å²) in [6, 6.07) is 20.5. The van der Waals surface area contributed by atoms with Gasteiger partial charge in [-0.15, -0.1) is 0 Å². The number of nitrogens with zero attached hydrogens (tertiary/aromatic N) is 2. The molecule has 7 nitrogen and oxygen atoms in total. The van der Waals surface area contributed by atoms with Gasteiger partial charge in [0.1, 0.15) is 18.4 Å². The molecule has 39 heavy (non-hydrogen) atoms. The molecule has 0 saturated carbocycles. The van der Waals surface area contributed by atoms with Crippen LogP contribution in [0, 0.1) is 11.7 Å². The molecule has 0 radical (unpaired) electrons. The normalized spacial score (nSPS) is 12.2. The summed E-state index contributed by atoms with van der Waals surface area (Å²) in [6.07, 6.45) is 1.08. The first kappa shape index (κ1) is 30.1. The van der Waals surface area contributed by atoms with E-state index in [0.717, 1.165) is 22.2 Å². The predicted octanol–water partition coefficient (Wildman–Crippen LogP) is 4.66. The van der Waals surface area contributed by atoms with Crippen molar-refractivity contribution in [1.82, 2.24) is 10.2 Å². The van der Waals surface area contributed by atoms with E-state index in [2.05, 4.69) is 5.32 Å². The van der Waals surface area contributed by atoms with E-state index in [1.807, 2.05) is 44.2 Å². The molecule has 0 aromatic heterocycles. The maximum absolute atomic E-state index is 14.7. The third-order valence-electron chi connectivity index (χ3n) is 6.05. The van der Waals surface area contributed by atoms with E-state index in [4.69, 9.17) is 11.6 Å². The summed E-state index contributed by atoms with van der Waals surface area (Å²) < 4.78 is 40.8. The van der Waals surface area contributed by atoms with Gasteiger partial charge in [-0.2, -0.15) is 0 Å². The minimum Gasteiger partial charge on any atom is -0.354 e. The molecule has 0 aliphatic carbocycles. The summed E-state index contributed by atoms with van der Waals surface area (Å²) in [6.45, 7) is 3.55. The van der Waals surface area contributed by atoms with Gasteiger partial charge in [-0.05, 0) is 35.2 Å². The zero-order valence-corrected chi connectivity index (χ0v) is 23.8. The molecule has 0 heterocycles. The Labute approximate surface area is 234 Å². The average Bonchev–Trinajstić information content (AvgIpc) is 2.89. The summed E-state index contributed by atoms with van der Waals surface area (Å²) in [7, 11) is -4.06. The van der Waals surface area contributed by atoms with E-state index in [9.17, 15) is 22.4 Å². The lowest BCUT2D eigenvalue weighted by Gasteiger charge is -2.34. The van der Waals surface area contributed by atoms with E-state index in [1.165, 1.54) is 23.1 Å². The lowest BCUT2D eigenvalue weighted by molar-refractivity contribution is -0.140. The molecule has 208 valence electrons. The van der Waals surface area contributed by atoms with Crippen molar-refractivity contribution in [3.8, 4) is 0 Å². The van der Waals surface area contributed by atoms with Crippen LogP contribution in [0.2, 0.25) is 5.02 Å². The molecule has 2 amide bonds. The van der Waals surface area contributed by atoms with Crippen molar-refractivity contribution in [2.75, 3.05) is 23.7 Å². The van der Waals surface area contributed by atoms with Crippen LogP contribution >= 0.6 is 11.6 Å². The topological polar surface area (TPSA) is 86.8 Å². The van der Waals surface area contributed by atoms with Gasteiger partial charge in [-0.3, -0.25) is 13.9 Å². The van der Waals surface area contributed by atoms with E-state index in [0.29, 0.717) is 17.1 Å². The van der Waals surface area contributed by atoms with Crippen molar-refractivity contribution < 1.29 is 22.4 Å². The van der Waals surface area contributed by atoms with Crippen molar-refractivity contribution in [2.24, 2.45) is 5.92 Å². The lowest BCUT2D eigenvalue weighted by Crippen LogP contribution is -2.53. The number of para-hydroxylation sites is 1. The number of anilines is 1. The number of halogens is 2. The van der Waals surface area contributed by atoms with Crippen molar-refractivity contribution >= 4 is 39.1 Å². The smallest absolute Gasteiger partial charge is 0.244 e. The fourth-order valence-electron chi connectivity index (χ4n) is 4.04. The highest BCUT2D eigenvalue weighted by atomic mass is 35.5. The van der Waals surface area contributed by atoms with Crippen LogP contribution in [0.5, 0.6) is 0 Å². The summed E-state index contributed by atoms with van der Waals surface area (Å²) in [5, 5.41) is 3.30. The van der Waals surface area contributed by atoms with E-state index < -0.39 is 34.3 Å². The Balaban J connectivity index is 2.06. The summed E-state index contributed by atoms with van der Waals surface area (Å²) in [5.74, 6) is -1.68. The molecule has 1 N–H and O–H groups in total. The number of benzene rings is 3. The SMILES string of the molecule is CC(C)CNC(=O)[C@H](Cc1ccccc1)N(Cc1ccccc1Cl)C(=O)CN(c1ccccc1F)S(C)(=O)=O. The first-order valence-electron chi connectivity index (χ1n) is 12.5. The first-order chi connectivity index (χ1) is 18.5. The van der Waals surface area contributed by atoms with Crippen molar-refractivity contribution in [3.05, 3.63) is 101 Å². The van der Waals surface area contributed by atoms with Gasteiger partial charge in [0.25, 0.3) is 0 Å². The van der Waals surface area contributed by atoms with Crippen LogP contribution < -0.4 is 9.62 Å². The van der Waals surface area contributed by atoms with Crippen LogP contribution in [0.4, 0.5) is 10.1 Å². The third-order valence-corrected chi connectivity index (χ3v) is 7.55. The van der Waals surface area contributed by atoms with E-state index in [1.54, 1.807) is 24.3 Å². The maximum Gasteiger partial charge on any atom is 0.244 e. The Hall–Kier alpha value is -3.43. The predicted molar refractivity (Wildman–Crippen MR) is 152 cm³/mol. The second kappa shape index (κ2) is 13.6. The number of amides is 2. The van der Waals surface area contributed by atoms with E-state index >= 15 is 0 Å². The molecule has 10 heteroatoms. The van der Waals surface area contributed by atoms with Gasteiger partial charge in [0.15, 0.2) is 0 Å². The Morgan fingerprint density at radius 1 is 0.949 bits per heavy atom. The van der Waals surface area contributed by atoms with Gasteiger partial charge in [-0.1, -0.05) is 86.1 Å². The minimum atomic E-state index is -4.06. The Morgan fingerprint density at radius 3 is 2.18 bits per heavy atom. The summed E-state index contributed by atoms with van der Waals surface area (Å²) in [5.41, 5.74) is 1.14. The van der Waals surface area contributed by atoms with Gasteiger partial charge in [0.05, 0.1) is 11.9 Å². The highest BCUT2D eigenvalue weighted by Crippen LogP contribution is 2.24. The van der Waals surface area contributed by atoms with Crippen LogP contribution in [-0.2, 0) is 32.6 Å². The zero-order valence-electron chi connectivity index (χ0n) is 22.2. The minimum absolute atomic E-state index is 0.0556. The summed E-state index contributed by atoms with van der Waals surface area (Å²) >= 11 is 6.42. The number of carbonyl (C=O) groups excluding carboxylic acids is 2. The van der Waals surface area contributed by atoms with Gasteiger partial charge in [-0.25, -0.2) is 12.8 Å². The fourth-order valence-corrected chi connectivity index (χ4v) is 5.08. The number of hydrogen-bond acceptors (Lipinski definition) is 4. The molecular formula is C29H33ClFN3O4S. The molecular weight excluding hydrogens is 541 g/mol. The van der Waals surface area contributed by atoms with Crippen LogP contribution in [0.1, 0.15) is 25.0 Å². The molecule has 0 bridgehead atoms. The van der Waals surface area contributed by atoms with Crippen LogP contribution in [0.3, 0.4) is 0 Å². The number of nitrogens with one attached hydrogen (secondary N) is 1. The third kappa shape index (κ3) is 8.53. The van der Waals surface area contributed by atoms with Crippen LogP contribution in [-0.4, -0.2) is 50.5 Å². The van der Waals surface area contributed by atoms with Crippen molar-refractivity contribution in [2.45, 2.75) is 32.9 Å². The Morgan fingerprint density at radius 2 is 1.56 bits per heavy atom. The van der Waals surface area contributed by atoms with Crippen molar-refractivity contribution in [3.63, 3.8) is 0 Å². The highest BCUT2D eigenvalue weighted by Gasteiger charge is 2.33. The van der Waals surface area contributed by atoms with Gasteiger partial charge in [0, 0.05) is 24.5 Å². The molecule has 0 saturated heterocycles. The van der Waals surface area contributed by atoms with E-state index in [-0.39, 0.29) is 30.5 Å². The van der Waals surface area contributed by atoms with Crippen molar-refractivity contribution in [1.29, 1.82) is 0 Å². The standard InChI is InChI=1S/C29H33ClFN3O4S/c1-21(2)18-32-29(36)27(17-22-11-5-4-6-12-22)33(19-23-13-7-8-14-24(23)30)28(35)20-34(39(3,37)38)26-16-10-9-15-25(26)31/h4-16,21,27H,17-20H2,1-3H3,(H,32,36)/t27-/m0/s1. The second-order valence-electron chi connectivity index (χ2n) is 9.68. The number of rotatable bonds is 12. The fraction of sp³-hybridized carbons (Fsp3) is 0.310. The number of carbonyl (C=O) groups is 2. The zero-order chi connectivity index (χ0) is 28.6. The first-order valence-corrected chi connectivity index (χ1v) is 14.8. The molecule has 0 spiro atoms. The molecule has 0 aliphatic rings. The Bertz CT molecular complexity index is 1390. The molecule has 0 aliphatic heterocycles. The molecule has 3 aromatic rings. The van der Waals surface area contributed by atoms with Crippen LogP contribution in [0.15, 0.2) is 78.9 Å². The quantitative estimate of drug-likeness (QED) is 0.341. The molecule has 1 atom stereocenters. The number of sulfonamides is 1. The molecule has 3 aromatic carbocycles. The van der Waals surface area contributed by atoms with Gasteiger partial charge in [0.2, 0.25) is 21.8 Å². The molecule has 0 fully saturated rings. The lowest BCUT2D eigenvalue weighted by atomic mass is 10.0.